The summed E-state index contributed by atoms with van der Waals surface area (Å²) in [6.07, 6.45) is -0.102. The van der Waals surface area contributed by atoms with E-state index < -0.39 is 27.6 Å². The lowest BCUT2D eigenvalue weighted by Gasteiger charge is -2.08. The van der Waals surface area contributed by atoms with Crippen LogP contribution in [0, 0.1) is 11.6 Å². The number of nitrogens with one attached hydrogen (secondary N) is 2. The number of rotatable bonds is 7. The molecule has 8 heteroatoms. The molecule has 0 atom stereocenters. The van der Waals surface area contributed by atoms with E-state index in [-0.39, 0.29) is 24.4 Å². The highest BCUT2D eigenvalue weighted by atomic mass is 32.2. The van der Waals surface area contributed by atoms with E-state index in [1.807, 2.05) is 0 Å². The summed E-state index contributed by atoms with van der Waals surface area (Å²) in [5, 5.41) is 2.51. The normalized spacial score (nSPS) is 11.2. The summed E-state index contributed by atoms with van der Waals surface area (Å²) in [5.74, 6) is -1.38. The number of hydrogen-bond acceptors (Lipinski definition) is 3. The van der Waals surface area contributed by atoms with Gasteiger partial charge in [0.05, 0.1) is 4.90 Å². The molecular formula is C16H16F2N2O3S. The summed E-state index contributed by atoms with van der Waals surface area (Å²) < 4.78 is 52.3. The molecule has 0 saturated heterocycles. The van der Waals surface area contributed by atoms with Crippen LogP contribution >= 0.6 is 0 Å². The topological polar surface area (TPSA) is 75.3 Å². The van der Waals surface area contributed by atoms with Crippen LogP contribution in [0.3, 0.4) is 0 Å². The van der Waals surface area contributed by atoms with E-state index >= 15 is 0 Å². The average Bonchev–Trinajstić information content (AvgIpc) is 2.54. The van der Waals surface area contributed by atoms with Crippen LogP contribution in [0.4, 0.5) is 8.78 Å². The van der Waals surface area contributed by atoms with Crippen molar-refractivity contribution in [3.8, 4) is 0 Å². The molecule has 2 N–H and O–H groups in total. The Bertz CT molecular complexity index is 808. The lowest BCUT2D eigenvalue weighted by atomic mass is 10.2. The third kappa shape index (κ3) is 5.10. The van der Waals surface area contributed by atoms with Crippen molar-refractivity contribution in [2.24, 2.45) is 0 Å². The summed E-state index contributed by atoms with van der Waals surface area (Å²) in [6, 6.07) is 10.4. The molecule has 2 rings (SSSR count). The number of halogens is 2. The van der Waals surface area contributed by atoms with Gasteiger partial charge in [0.25, 0.3) is 0 Å². The first kappa shape index (κ1) is 18.0. The van der Waals surface area contributed by atoms with Crippen molar-refractivity contribution in [1.82, 2.24) is 10.0 Å². The van der Waals surface area contributed by atoms with E-state index in [4.69, 9.17) is 0 Å². The molecule has 0 aromatic heterocycles. The molecule has 0 aliphatic carbocycles. The Labute approximate surface area is 138 Å². The van der Waals surface area contributed by atoms with Crippen LogP contribution in [-0.2, 0) is 21.4 Å². The molecule has 0 bridgehead atoms. The Kier molecular flexibility index (Phi) is 5.99. The van der Waals surface area contributed by atoms with Crippen molar-refractivity contribution >= 4 is 15.9 Å². The minimum Gasteiger partial charge on any atom is -0.352 e. The molecule has 24 heavy (non-hydrogen) atoms. The van der Waals surface area contributed by atoms with Crippen LogP contribution in [-0.4, -0.2) is 20.9 Å². The summed E-state index contributed by atoms with van der Waals surface area (Å²) >= 11 is 0. The Balaban J connectivity index is 1.80. The van der Waals surface area contributed by atoms with Crippen molar-refractivity contribution in [2.45, 2.75) is 17.9 Å². The minimum atomic E-state index is -3.80. The van der Waals surface area contributed by atoms with E-state index in [0.717, 1.165) is 24.3 Å². The Morgan fingerprint density at radius 3 is 2.33 bits per heavy atom. The van der Waals surface area contributed by atoms with Gasteiger partial charge in [0.15, 0.2) is 0 Å². The zero-order chi connectivity index (χ0) is 17.6. The zero-order valence-electron chi connectivity index (χ0n) is 12.6. The number of carbonyl (C=O) groups is 1. The number of carbonyl (C=O) groups excluding carboxylic acids is 1. The molecule has 0 saturated carbocycles. The van der Waals surface area contributed by atoms with Crippen LogP contribution in [0.2, 0.25) is 0 Å². The van der Waals surface area contributed by atoms with Gasteiger partial charge in [-0.1, -0.05) is 18.2 Å². The molecule has 128 valence electrons. The summed E-state index contributed by atoms with van der Waals surface area (Å²) in [5.41, 5.74) is 0.345. The van der Waals surface area contributed by atoms with Crippen LogP contribution in [0.5, 0.6) is 0 Å². The molecule has 5 nitrogen and oxygen atoms in total. The lowest BCUT2D eigenvalue weighted by molar-refractivity contribution is -0.121. The molecule has 0 aliphatic heterocycles. The fourth-order valence-corrected chi connectivity index (χ4v) is 2.95. The van der Waals surface area contributed by atoms with Crippen molar-refractivity contribution in [3.05, 3.63) is 65.7 Å². The first-order valence-corrected chi connectivity index (χ1v) is 8.62. The van der Waals surface area contributed by atoms with Gasteiger partial charge in [0.1, 0.15) is 11.6 Å². The molecule has 2 aromatic carbocycles. The smallest absolute Gasteiger partial charge is 0.240 e. The third-order valence-corrected chi connectivity index (χ3v) is 4.68. The third-order valence-electron chi connectivity index (χ3n) is 3.20. The maximum Gasteiger partial charge on any atom is 0.240 e. The number of benzene rings is 2. The van der Waals surface area contributed by atoms with Gasteiger partial charge >= 0.3 is 0 Å². The highest BCUT2D eigenvalue weighted by Crippen LogP contribution is 2.09. The van der Waals surface area contributed by atoms with Gasteiger partial charge in [-0.2, -0.15) is 0 Å². The quantitative estimate of drug-likeness (QED) is 0.798. The van der Waals surface area contributed by atoms with Gasteiger partial charge in [-0.25, -0.2) is 21.9 Å². The van der Waals surface area contributed by atoms with Crippen LogP contribution in [0.25, 0.3) is 0 Å². The second kappa shape index (κ2) is 7.98. The Hall–Kier alpha value is -2.32. The molecule has 0 aliphatic rings. The highest BCUT2D eigenvalue weighted by molar-refractivity contribution is 7.89. The second-order valence-corrected chi connectivity index (χ2v) is 6.74. The minimum absolute atomic E-state index is 0.0240. The zero-order valence-corrected chi connectivity index (χ0v) is 13.4. The fraction of sp³-hybridized carbons (Fsp3) is 0.188. The monoisotopic (exact) mass is 354 g/mol. The standard InChI is InChI=1S/C16H16F2N2O3S/c17-13-5-7-14(8-6-13)24(22,23)20-10-9-16(21)19-11-12-3-1-2-4-15(12)18/h1-8,20H,9-11H2,(H,19,21). The number of sulfonamides is 1. The van der Waals surface area contributed by atoms with E-state index in [1.165, 1.54) is 6.07 Å². The molecule has 0 unspecified atom stereocenters. The molecule has 0 fully saturated rings. The summed E-state index contributed by atoms with van der Waals surface area (Å²) in [6.45, 7) is -0.0982. The average molecular weight is 354 g/mol. The first-order valence-electron chi connectivity index (χ1n) is 7.14. The van der Waals surface area contributed by atoms with Gasteiger partial charge in [-0.15, -0.1) is 0 Å². The molecule has 0 radical (unpaired) electrons. The first-order chi connectivity index (χ1) is 11.4. The van der Waals surface area contributed by atoms with E-state index in [1.54, 1.807) is 18.2 Å². The van der Waals surface area contributed by atoms with Gasteiger partial charge in [0, 0.05) is 25.1 Å². The maximum absolute atomic E-state index is 13.4. The highest BCUT2D eigenvalue weighted by Gasteiger charge is 2.14. The van der Waals surface area contributed by atoms with Crippen molar-refractivity contribution in [3.63, 3.8) is 0 Å². The van der Waals surface area contributed by atoms with Gasteiger partial charge < -0.3 is 5.32 Å². The molecule has 0 spiro atoms. The Morgan fingerprint density at radius 2 is 1.67 bits per heavy atom. The van der Waals surface area contributed by atoms with Crippen molar-refractivity contribution in [1.29, 1.82) is 0 Å². The van der Waals surface area contributed by atoms with E-state index in [0.29, 0.717) is 5.56 Å². The van der Waals surface area contributed by atoms with Gasteiger partial charge in [0.2, 0.25) is 15.9 Å². The fourth-order valence-electron chi connectivity index (χ4n) is 1.92. The summed E-state index contributed by atoms with van der Waals surface area (Å²) in [7, 11) is -3.80. The van der Waals surface area contributed by atoms with Crippen molar-refractivity contribution in [2.75, 3.05) is 6.54 Å². The SMILES string of the molecule is O=C(CCNS(=O)(=O)c1ccc(F)cc1)NCc1ccccc1F. The van der Waals surface area contributed by atoms with Gasteiger partial charge in [-0.3, -0.25) is 4.79 Å². The van der Waals surface area contributed by atoms with Crippen LogP contribution in [0.15, 0.2) is 53.4 Å². The number of hydrogen-bond donors (Lipinski definition) is 2. The largest absolute Gasteiger partial charge is 0.352 e. The van der Waals surface area contributed by atoms with E-state index in [9.17, 15) is 22.0 Å². The predicted octanol–water partition coefficient (Wildman–Crippen LogP) is 1.95. The summed E-state index contributed by atoms with van der Waals surface area (Å²) in [4.78, 5) is 11.6. The van der Waals surface area contributed by atoms with Crippen LogP contribution < -0.4 is 10.0 Å². The van der Waals surface area contributed by atoms with Gasteiger partial charge in [-0.05, 0) is 30.3 Å². The molecule has 2 aromatic rings. The lowest BCUT2D eigenvalue weighted by Crippen LogP contribution is -2.30. The molecule has 1 amide bonds. The maximum atomic E-state index is 13.4. The predicted molar refractivity (Wildman–Crippen MR) is 84.5 cm³/mol. The van der Waals surface area contributed by atoms with E-state index in [2.05, 4.69) is 10.0 Å². The second-order valence-electron chi connectivity index (χ2n) is 4.97. The molecule has 0 heterocycles. The van der Waals surface area contributed by atoms with Crippen LogP contribution in [0.1, 0.15) is 12.0 Å². The number of amides is 1. The molecular weight excluding hydrogens is 338 g/mol. The van der Waals surface area contributed by atoms with Crippen molar-refractivity contribution < 1.29 is 22.0 Å². The Morgan fingerprint density at radius 1 is 1.00 bits per heavy atom.